The summed E-state index contributed by atoms with van der Waals surface area (Å²) in [7, 11) is 0. The van der Waals surface area contributed by atoms with Gasteiger partial charge in [-0.15, -0.1) is 0 Å². The van der Waals surface area contributed by atoms with Gasteiger partial charge in [0.2, 0.25) is 11.8 Å². The molecule has 1 aromatic rings. The number of benzene rings is 1. The van der Waals surface area contributed by atoms with Crippen LogP contribution in [0.15, 0.2) is 18.2 Å². The molecule has 6 heteroatoms. The molecule has 0 radical (unpaired) electrons. The smallest absolute Gasteiger partial charge is 0.238 e. The predicted molar refractivity (Wildman–Crippen MR) is 103 cm³/mol. The Morgan fingerprint density at radius 3 is 2.31 bits per heavy atom. The second kappa shape index (κ2) is 9.69. The van der Waals surface area contributed by atoms with Crippen LogP contribution in [0.1, 0.15) is 31.4 Å². The van der Waals surface area contributed by atoms with Crippen LogP contribution in [0.3, 0.4) is 0 Å². The van der Waals surface area contributed by atoms with Crippen molar-refractivity contribution in [2.45, 2.75) is 40.2 Å². The summed E-state index contributed by atoms with van der Waals surface area (Å²) in [5, 5.41) is 3.02. The van der Waals surface area contributed by atoms with Gasteiger partial charge in [0.1, 0.15) is 0 Å². The highest BCUT2D eigenvalue weighted by Crippen LogP contribution is 2.19. The molecule has 0 spiro atoms. The van der Waals surface area contributed by atoms with E-state index in [1.807, 2.05) is 50.8 Å². The van der Waals surface area contributed by atoms with Crippen LogP contribution >= 0.6 is 0 Å². The first kappa shape index (κ1) is 20.4. The van der Waals surface area contributed by atoms with Crippen LogP contribution in [0.4, 0.5) is 5.69 Å². The van der Waals surface area contributed by atoms with Crippen molar-refractivity contribution >= 4 is 17.5 Å². The number of piperazine rings is 1. The number of nitrogens with one attached hydrogen (secondary N) is 1. The van der Waals surface area contributed by atoms with Gasteiger partial charge in [-0.25, -0.2) is 0 Å². The number of aryl methyl sites for hydroxylation is 2. The minimum absolute atomic E-state index is 0.00694. The van der Waals surface area contributed by atoms with Crippen molar-refractivity contribution < 1.29 is 14.3 Å². The van der Waals surface area contributed by atoms with E-state index in [1.165, 1.54) is 0 Å². The Kier molecular flexibility index (Phi) is 7.60. The Labute approximate surface area is 156 Å². The van der Waals surface area contributed by atoms with Gasteiger partial charge in [0.05, 0.1) is 25.7 Å². The highest BCUT2D eigenvalue weighted by molar-refractivity contribution is 5.93. The van der Waals surface area contributed by atoms with E-state index in [-0.39, 0.29) is 17.9 Å². The zero-order chi connectivity index (χ0) is 19.1. The number of hydrogen-bond acceptors (Lipinski definition) is 4. The van der Waals surface area contributed by atoms with Crippen molar-refractivity contribution in [2.24, 2.45) is 0 Å². The van der Waals surface area contributed by atoms with E-state index < -0.39 is 0 Å². The average molecular weight is 361 g/mol. The molecule has 1 heterocycles. The quantitative estimate of drug-likeness (QED) is 0.809. The molecule has 1 fully saturated rings. The molecule has 144 valence electrons. The SMILES string of the molecule is Cc1cccc(C)c1NC(=O)CN1CCN(C(=O)CCOC(C)C)CC1. The van der Waals surface area contributed by atoms with Crippen molar-refractivity contribution in [3.63, 3.8) is 0 Å². The molecule has 1 saturated heterocycles. The fourth-order valence-electron chi connectivity index (χ4n) is 3.09. The number of para-hydroxylation sites is 1. The maximum Gasteiger partial charge on any atom is 0.238 e. The van der Waals surface area contributed by atoms with Crippen LogP contribution in [-0.2, 0) is 14.3 Å². The van der Waals surface area contributed by atoms with E-state index in [2.05, 4.69) is 10.2 Å². The summed E-state index contributed by atoms with van der Waals surface area (Å²) in [6.07, 6.45) is 0.570. The molecule has 6 nitrogen and oxygen atoms in total. The fourth-order valence-corrected chi connectivity index (χ4v) is 3.09. The molecular weight excluding hydrogens is 330 g/mol. The number of nitrogens with zero attached hydrogens (tertiary/aromatic N) is 2. The number of ether oxygens (including phenoxy) is 1. The minimum atomic E-state index is -0.00694. The minimum Gasteiger partial charge on any atom is -0.378 e. The summed E-state index contributed by atoms with van der Waals surface area (Å²) in [4.78, 5) is 28.5. The Hall–Kier alpha value is -1.92. The lowest BCUT2D eigenvalue weighted by molar-refractivity contribution is -0.134. The van der Waals surface area contributed by atoms with Crippen molar-refractivity contribution in [3.05, 3.63) is 29.3 Å². The van der Waals surface area contributed by atoms with Gasteiger partial charge in [-0.3, -0.25) is 14.5 Å². The summed E-state index contributed by atoms with van der Waals surface area (Å²) < 4.78 is 5.44. The van der Waals surface area contributed by atoms with E-state index >= 15 is 0 Å². The molecule has 0 aliphatic carbocycles. The summed E-state index contributed by atoms with van der Waals surface area (Å²) in [5.74, 6) is 0.123. The molecule has 0 saturated carbocycles. The topological polar surface area (TPSA) is 61.9 Å². The number of carbonyl (C=O) groups is 2. The molecule has 1 aliphatic rings. The molecule has 0 atom stereocenters. The van der Waals surface area contributed by atoms with E-state index in [0.717, 1.165) is 29.9 Å². The van der Waals surface area contributed by atoms with E-state index in [4.69, 9.17) is 4.74 Å². The third kappa shape index (κ3) is 6.11. The molecule has 1 N–H and O–H groups in total. The fraction of sp³-hybridized carbons (Fsp3) is 0.600. The van der Waals surface area contributed by atoms with Crippen molar-refractivity contribution in [2.75, 3.05) is 44.6 Å². The van der Waals surface area contributed by atoms with Crippen LogP contribution in [0, 0.1) is 13.8 Å². The van der Waals surface area contributed by atoms with E-state index in [1.54, 1.807) is 0 Å². The van der Waals surface area contributed by atoms with Gasteiger partial charge >= 0.3 is 0 Å². The molecule has 0 unspecified atom stereocenters. The van der Waals surface area contributed by atoms with Gasteiger partial charge in [0.15, 0.2) is 0 Å². The molecule has 1 aromatic carbocycles. The van der Waals surface area contributed by atoms with Crippen LogP contribution in [0.5, 0.6) is 0 Å². The Morgan fingerprint density at radius 2 is 1.73 bits per heavy atom. The van der Waals surface area contributed by atoms with Gasteiger partial charge in [-0.05, 0) is 38.8 Å². The monoisotopic (exact) mass is 361 g/mol. The predicted octanol–water partition coefficient (Wildman–Crippen LogP) is 2.20. The molecule has 1 aliphatic heterocycles. The molecule has 0 bridgehead atoms. The van der Waals surface area contributed by atoms with E-state index in [9.17, 15) is 9.59 Å². The highest BCUT2D eigenvalue weighted by Gasteiger charge is 2.22. The summed E-state index contributed by atoms with van der Waals surface area (Å²) >= 11 is 0. The van der Waals surface area contributed by atoms with Crippen molar-refractivity contribution in [1.82, 2.24) is 9.80 Å². The van der Waals surface area contributed by atoms with Gasteiger partial charge in [-0.1, -0.05) is 18.2 Å². The van der Waals surface area contributed by atoms with Crippen LogP contribution < -0.4 is 5.32 Å². The number of rotatable bonds is 7. The lowest BCUT2D eigenvalue weighted by Crippen LogP contribution is -2.50. The lowest BCUT2D eigenvalue weighted by atomic mass is 10.1. The largest absolute Gasteiger partial charge is 0.378 e. The van der Waals surface area contributed by atoms with Gasteiger partial charge < -0.3 is 15.0 Å². The summed E-state index contributed by atoms with van der Waals surface area (Å²) in [5.41, 5.74) is 3.03. The molecule has 2 rings (SSSR count). The molecule has 26 heavy (non-hydrogen) atoms. The van der Waals surface area contributed by atoms with Crippen molar-refractivity contribution in [3.8, 4) is 0 Å². The number of anilines is 1. The number of hydrogen-bond donors (Lipinski definition) is 1. The normalized spacial score (nSPS) is 15.3. The Balaban J connectivity index is 1.74. The van der Waals surface area contributed by atoms with Crippen LogP contribution in [0.25, 0.3) is 0 Å². The molecule has 0 aromatic heterocycles. The summed E-state index contributed by atoms with van der Waals surface area (Å²) in [6, 6.07) is 5.98. The first-order chi connectivity index (χ1) is 12.4. The van der Waals surface area contributed by atoms with Crippen molar-refractivity contribution in [1.29, 1.82) is 0 Å². The zero-order valence-corrected chi connectivity index (χ0v) is 16.4. The summed E-state index contributed by atoms with van der Waals surface area (Å²) in [6.45, 7) is 11.5. The van der Waals surface area contributed by atoms with Gasteiger partial charge in [0, 0.05) is 31.9 Å². The first-order valence-electron chi connectivity index (χ1n) is 9.34. The first-order valence-corrected chi connectivity index (χ1v) is 9.34. The van der Waals surface area contributed by atoms with Crippen LogP contribution in [-0.4, -0.2) is 67.0 Å². The van der Waals surface area contributed by atoms with Gasteiger partial charge in [0.25, 0.3) is 0 Å². The Bertz CT molecular complexity index is 602. The maximum atomic E-state index is 12.4. The zero-order valence-electron chi connectivity index (χ0n) is 16.4. The number of carbonyl (C=O) groups excluding carboxylic acids is 2. The highest BCUT2D eigenvalue weighted by atomic mass is 16.5. The van der Waals surface area contributed by atoms with Crippen LogP contribution in [0.2, 0.25) is 0 Å². The number of amides is 2. The standard InChI is InChI=1S/C20H31N3O3/c1-15(2)26-13-8-19(25)23-11-9-22(10-12-23)14-18(24)21-20-16(3)6-5-7-17(20)4/h5-7,15H,8-14H2,1-4H3,(H,21,24). The molecular formula is C20H31N3O3. The average Bonchev–Trinajstić information content (AvgIpc) is 2.58. The lowest BCUT2D eigenvalue weighted by Gasteiger charge is -2.34. The third-order valence-corrected chi connectivity index (χ3v) is 4.60. The van der Waals surface area contributed by atoms with Gasteiger partial charge in [-0.2, -0.15) is 0 Å². The second-order valence-electron chi connectivity index (χ2n) is 7.14. The Morgan fingerprint density at radius 1 is 1.12 bits per heavy atom. The second-order valence-corrected chi connectivity index (χ2v) is 7.14. The molecule has 2 amide bonds. The van der Waals surface area contributed by atoms with E-state index in [0.29, 0.717) is 32.7 Å². The maximum absolute atomic E-state index is 12.4. The third-order valence-electron chi connectivity index (χ3n) is 4.60.